The summed E-state index contributed by atoms with van der Waals surface area (Å²) in [5.74, 6) is -1.12. The van der Waals surface area contributed by atoms with Crippen LogP contribution in [0.5, 0.6) is 0 Å². The third kappa shape index (κ3) is 4.39. The molecule has 0 saturated heterocycles. The van der Waals surface area contributed by atoms with E-state index in [1.54, 1.807) is 19.9 Å². The molecule has 30 heavy (non-hydrogen) atoms. The van der Waals surface area contributed by atoms with E-state index < -0.39 is 27.3 Å². The quantitative estimate of drug-likeness (QED) is 0.617. The van der Waals surface area contributed by atoms with Gasteiger partial charge in [-0.25, -0.2) is 17.8 Å². The van der Waals surface area contributed by atoms with Gasteiger partial charge >= 0.3 is 0 Å². The number of nitrogens with zero attached hydrogens (tertiary/aromatic N) is 3. The SMILES string of the molecule is CCN(CC)S(=O)(=O)c1cccc(NC(=O)Cn2cnc3ccc(F)cc3c2=O)c1. The molecule has 0 aliphatic carbocycles. The molecule has 0 aliphatic rings. The Morgan fingerprint density at radius 3 is 2.60 bits per heavy atom. The van der Waals surface area contributed by atoms with Gasteiger partial charge in [0.2, 0.25) is 15.9 Å². The summed E-state index contributed by atoms with van der Waals surface area (Å²) in [7, 11) is -3.67. The van der Waals surface area contributed by atoms with Gasteiger partial charge in [-0.2, -0.15) is 4.31 Å². The molecule has 0 bridgehead atoms. The maximum atomic E-state index is 13.4. The summed E-state index contributed by atoms with van der Waals surface area (Å²) in [5, 5.41) is 2.65. The van der Waals surface area contributed by atoms with E-state index in [0.717, 1.165) is 10.6 Å². The van der Waals surface area contributed by atoms with Crippen molar-refractivity contribution in [3.05, 3.63) is 65.0 Å². The predicted molar refractivity (Wildman–Crippen MR) is 111 cm³/mol. The lowest BCUT2D eigenvalue weighted by molar-refractivity contribution is -0.116. The molecular formula is C20H21FN4O4S. The van der Waals surface area contributed by atoms with Crippen molar-refractivity contribution < 1.29 is 17.6 Å². The van der Waals surface area contributed by atoms with Crippen molar-refractivity contribution in [3.8, 4) is 0 Å². The van der Waals surface area contributed by atoms with Gasteiger partial charge < -0.3 is 5.32 Å². The van der Waals surface area contributed by atoms with Crippen LogP contribution in [0.25, 0.3) is 10.9 Å². The van der Waals surface area contributed by atoms with E-state index in [2.05, 4.69) is 10.3 Å². The van der Waals surface area contributed by atoms with E-state index in [0.29, 0.717) is 18.6 Å². The van der Waals surface area contributed by atoms with E-state index in [9.17, 15) is 22.4 Å². The molecule has 0 spiro atoms. The maximum absolute atomic E-state index is 13.4. The van der Waals surface area contributed by atoms with Gasteiger partial charge in [0.15, 0.2) is 0 Å². The number of rotatable bonds is 7. The van der Waals surface area contributed by atoms with Crippen LogP contribution in [0.4, 0.5) is 10.1 Å². The molecule has 0 aliphatic heterocycles. The second kappa shape index (κ2) is 8.72. The number of fused-ring (bicyclic) bond motifs is 1. The number of sulfonamides is 1. The fourth-order valence-electron chi connectivity index (χ4n) is 3.05. The molecular weight excluding hydrogens is 411 g/mol. The Kier molecular flexibility index (Phi) is 6.28. The Hall–Kier alpha value is -3.11. The number of hydrogen-bond donors (Lipinski definition) is 1. The molecule has 1 N–H and O–H groups in total. The molecule has 1 amide bonds. The fourth-order valence-corrected chi connectivity index (χ4v) is 4.55. The molecule has 10 heteroatoms. The maximum Gasteiger partial charge on any atom is 0.261 e. The molecule has 158 valence electrons. The van der Waals surface area contributed by atoms with Crippen LogP contribution in [-0.4, -0.2) is 41.3 Å². The van der Waals surface area contributed by atoms with E-state index in [4.69, 9.17) is 0 Å². The first kappa shape index (κ1) is 21.6. The summed E-state index contributed by atoms with van der Waals surface area (Å²) in [5.41, 5.74) is 0.0564. The highest BCUT2D eigenvalue weighted by atomic mass is 32.2. The van der Waals surface area contributed by atoms with Crippen LogP contribution in [0.3, 0.4) is 0 Å². The van der Waals surface area contributed by atoms with Crippen molar-refractivity contribution in [3.63, 3.8) is 0 Å². The number of hydrogen-bond acceptors (Lipinski definition) is 5. The van der Waals surface area contributed by atoms with Crippen molar-refractivity contribution >= 4 is 32.5 Å². The van der Waals surface area contributed by atoms with Gasteiger partial charge in [-0.15, -0.1) is 0 Å². The summed E-state index contributed by atoms with van der Waals surface area (Å²) in [6, 6.07) is 9.55. The minimum absolute atomic E-state index is 0.0593. The number of carbonyl (C=O) groups excluding carboxylic acids is 1. The third-order valence-electron chi connectivity index (χ3n) is 4.56. The summed E-state index contributed by atoms with van der Waals surface area (Å²) in [6.07, 6.45) is 1.21. The lowest BCUT2D eigenvalue weighted by Gasteiger charge is -2.18. The first-order valence-electron chi connectivity index (χ1n) is 9.31. The van der Waals surface area contributed by atoms with Crippen LogP contribution >= 0.6 is 0 Å². The van der Waals surface area contributed by atoms with Gasteiger partial charge in [0.05, 0.1) is 22.1 Å². The molecule has 0 saturated carbocycles. The number of amides is 1. The van der Waals surface area contributed by atoms with Crippen molar-refractivity contribution in [2.24, 2.45) is 0 Å². The average Bonchev–Trinajstić information content (AvgIpc) is 2.71. The van der Waals surface area contributed by atoms with Crippen LogP contribution in [0, 0.1) is 5.82 Å². The first-order chi connectivity index (χ1) is 14.3. The summed E-state index contributed by atoms with van der Waals surface area (Å²) >= 11 is 0. The second-order valence-electron chi connectivity index (χ2n) is 6.50. The van der Waals surface area contributed by atoms with Crippen LogP contribution in [0.1, 0.15) is 13.8 Å². The number of halogens is 1. The smallest absolute Gasteiger partial charge is 0.261 e. The summed E-state index contributed by atoms with van der Waals surface area (Å²) in [6.45, 7) is 3.79. The molecule has 8 nitrogen and oxygen atoms in total. The fraction of sp³-hybridized carbons (Fsp3) is 0.250. The Bertz CT molecular complexity index is 1250. The lowest BCUT2D eigenvalue weighted by atomic mass is 10.2. The van der Waals surface area contributed by atoms with Gasteiger partial charge in [-0.1, -0.05) is 19.9 Å². The van der Waals surface area contributed by atoms with E-state index in [-0.39, 0.29) is 22.5 Å². The highest BCUT2D eigenvalue weighted by Gasteiger charge is 2.22. The van der Waals surface area contributed by atoms with Crippen LogP contribution in [-0.2, 0) is 21.4 Å². The molecule has 0 unspecified atom stereocenters. The molecule has 3 aromatic rings. The second-order valence-corrected chi connectivity index (χ2v) is 8.44. The van der Waals surface area contributed by atoms with Crippen LogP contribution in [0.2, 0.25) is 0 Å². The van der Waals surface area contributed by atoms with Gasteiger partial charge in [0, 0.05) is 18.8 Å². The number of benzene rings is 2. The van der Waals surface area contributed by atoms with Gasteiger partial charge in [-0.3, -0.25) is 14.2 Å². The van der Waals surface area contributed by atoms with Crippen molar-refractivity contribution in [1.82, 2.24) is 13.9 Å². The van der Waals surface area contributed by atoms with Gasteiger partial charge in [-0.05, 0) is 36.4 Å². The van der Waals surface area contributed by atoms with Crippen LogP contribution in [0.15, 0.2) is 58.5 Å². The number of nitrogens with one attached hydrogen (secondary N) is 1. The van der Waals surface area contributed by atoms with E-state index in [1.807, 2.05) is 0 Å². The normalized spacial score (nSPS) is 11.7. The van der Waals surface area contributed by atoms with Gasteiger partial charge in [0.25, 0.3) is 5.56 Å². The zero-order valence-corrected chi connectivity index (χ0v) is 17.3. The van der Waals surface area contributed by atoms with Crippen LogP contribution < -0.4 is 10.9 Å². The largest absolute Gasteiger partial charge is 0.324 e. The first-order valence-corrected chi connectivity index (χ1v) is 10.7. The Morgan fingerprint density at radius 1 is 1.17 bits per heavy atom. The predicted octanol–water partition coefficient (Wildman–Crippen LogP) is 2.20. The highest BCUT2D eigenvalue weighted by molar-refractivity contribution is 7.89. The van der Waals surface area contributed by atoms with E-state index >= 15 is 0 Å². The van der Waals surface area contributed by atoms with E-state index in [1.165, 1.54) is 41.0 Å². The molecule has 2 aromatic carbocycles. The van der Waals surface area contributed by atoms with Gasteiger partial charge in [0.1, 0.15) is 12.4 Å². The summed E-state index contributed by atoms with van der Waals surface area (Å²) < 4.78 is 41.1. The third-order valence-corrected chi connectivity index (χ3v) is 6.61. The highest BCUT2D eigenvalue weighted by Crippen LogP contribution is 2.19. The molecule has 1 heterocycles. The standard InChI is InChI=1S/C20H21FN4O4S/c1-3-25(4-2)30(28,29)16-7-5-6-15(11-16)23-19(26)12-24-13-22-18-9-8-14(21)10-17(18)20(24)27/h5-11,13H,3-4,12H2,1-2H3,(H,23,26). The Labute approximate surface area is 173 Å². The Balaban J connectivity index is 1.82. The number of anilines is 1. The van der Waals surface area contributed by atoms with Crippen molar-refractivity contribution in [1.29, 1.82) is 0 Å². The van der Waals surface area contributed by atoms with Crippen molar-refractivity contribution in [2.75, 3.05) is 18.4 Å². The molecule has 1 aromatic heterocycles. The monoisotopic (exact) mass is 432 g/mol. The minimum Gasteiger partial charge on any atom is -0.324 e. The average molecular weight is 432 g/mol. The number of carbonyl (C=O) groups is 1. The molecule has 3 rings (SSSR count). The lowest BCUT2D eigenvalue weighted by Crippen LogP contribution is -2.30. The van der Waals surface area contributed by atoms with Crippen molar-refractivity contribution in [2.45, 2.75) is 25.3 Å². The minimum atomic E-state index is -3.67. The zero-order chi connectivity index (χ0) is 21.9. The zero-order valence-electron chi connectivity index (χ0n) is 16.5. The molecule has 0 radical (unpaired) electrons. The Morgan fingerprint density at radius 2 is 1.90 bits per heavy atom. The topological polar surface area (TPSA) is 101 Å². The molecule has 0 atom stereocenters. The summed E-state index contributed by atoms with van der Waals surface area (Å²) in [4.78, 5) is 29.0. The molecule has 0 fully saturated rings. The number of aromatic nitrogens is 2.